The van der Waals surface area contributed by atoms with Crippen molar-refractivity contribution in [3.8, 4) is 5.75 Å². The van der Waals surface area contributed by atoms with Crippen LogP contribution in [0.25, 0.3) is 0 Å². The molecule has 0 unspecified atom stereocenters. The molecule has 0 radical (unpaired) electrons. The predicted molar refractivity (Wildman–Crippen MR) is 131 cm³/mol. The number of amides is 2. The van der Waals surface area contributed by atoms with Crippen molar-refractivity contribution in [2.45, 2.75) is 39.8 Å². The molecular weight excluding hydrogens is 494 g/mol. The van der Waals surface area contributed by atoms with Gasteiger partial charge in [0.15, 0.2) is 6.61 Å². The summed E-state index contributed by atoms with van der Waals surface area (Å²) in [6.45, 7) is 6.18. The monoisotopic (exact) mass is 518 g/mol. The molecule has 0 heterocycles. The van der Waals surface area contributed by atoms with E-state index in [1.54, 1.807) is 30.3 Å². The number of ether oxygens (including phenoxy) is 1. The van der Waals surface area contributed by atoms with E-state index < -0.39 is 6.04 Å². The zero-order chi connectivity index (χ0) is 23.8. The molecule has 1 N–H and O–H groups in total. The molecule has 1 atom stereocenters. The Balaban J connectivity index is 2.26. The van der Waals surface area contributed by atoms with Crippen molar-refractivity contribution in [3.05, 3.63) is 62.1 Å². The van der Waals surface area contributed by atoms with Crippen LogP contribution in [0.2, 0.25) is 20.1 Å². The number of nitrogens with one attached hydrogen (secondary N) is 1. The van der Waals surface area contributed by atoms with Gasteiger partial charge in [-0.05, 0) is 48.2 Å². The second-order valence-corrected chi connectivity index (χ2v) is 9.37. The molecule has 5 nitrogen and oxygen atoms in total. The Morgan fingerprint density at radius 3 is 2.19 bits per heavy atom. The van der Waals surface area contributed by atoms with E-state index in [1.807, 2.05) is 20.8 Å². The molecule has 0 aliphatic heterocycles. The first-order chi connectivity index (χ1) is 15.1. The highest BCUT2D eigenvalue weighted by Gasteiger charge is 2.29. The third-order valence-corrected chi connectivity index (χ3v) is 5.79. The maximum Gasteiger partial charge on any atom is 0.261 e. The minimum absolute atomic E-state index is 0.125. The molecule has 2 amide bonds. The zero-order valence-electron chi connectivity index (χ0n) is 18.1. The maximum absolute atomic E-state index is 13.2. The Morgan fingerprint density at radius 1 is 1.00 bits per heavy atom. The fourth-order valence-corrected chi connectivity index (χ4v) is 3.92. The summed E-state index contributed by atoms with van der Waals surface area (Å²) in [7, 11) is 0. The molecule has 0 aliphatic rings. The maximum atomic E-state index is 13.2. The number of nitrogens with zero attached hydrogens (tertiary/aromatic N) is 1. The molecule has 0 aromatic heterocycles. The van der Waals surface area contributed by atoms with Gasteiger partial charge in [0.25, 0.3) is 5.91 Å². The highest BCUT2D eigenvalue weighted by atomic mass is 35.5. The summed E-state index contributed by atoms with van der Waals surface area (Å²) in [6, 6.07) is 9.07. The number of hydrogen-bond acceptors (Lipinski definition) is 3. The molecule has 32 heavy (non-hydrogen) atoms. The largest absolute Gasteiger partial charge is 0.482 e. The van der Waals surface area contributed by atoms with Gasteiger partial charge in [-0.15, -0.1) is 0 Å². The summed E-state index contributed by atoms with van der Waals surface area (Å²) in [5.74, 6) is -0.00867. The normalized spacial score (nSPS) is 11.9. The minimum Gasteiger partial charge on any atom is -0.482 e. The molecule has 2 aromatic carbocycles. The lowest BCUT2D eigenvalue weighted by atomic mass is 10.1. The lowest BCUT2D eigenvalue weighted by Gasteiger charge is -2.31. The van der Waals surface area contributed by atoms with Gasteiger partial charge < -0.3 is 15.0 Å². The van der Waals surface area contributed by atoms with E-state index >= 15 is 0 Å². The van der Waals surface area contributed by atoms with Crippen LogP contribution >= 0.6 is 46.4 Å². The Bertz CT molecular complexity index is 953. The second-order valence-electron chi connectivity index (χ2n) is 7.68. The molecule has 0 saturated carbocycles. The van der Waals surface area contributed by atoms with E-state index in [4.69, 9.17) is 51.1 Å². The molecule has 0 aliphatic carbocycles. The van der Waals surface area contributed by atoms with Gasteiger partial charge >= 0.3 is 0 Å². The number of carbonyl (C=O) groups is 2. The highest BCUT2D eigenvalue weighted by molar-refractivity contribution is 6.35. The Labute approximate surface area is 208 Å². The summed E-state index contributed by atoms with van der Waals surface area (Å²) >= 11 is 24.4. The van der Waals surface area contributed by atoms with Gasteiger partial charge in [0.1, 0.15) is 11.8 Å². The summed E-state index contributed by atoms with van der Waals surface area (Å²) in [4.78, 5) is 27.6. The molecule has 2 aromatic rings. The first kappa shape index (κ1) is 26.6. The lowest BCUT2D eigenvalue weighted by molar-refractivity contribution is -0.143. The van der Waals surface area contributed by atoms with Crippen LogP contribution < -0.4 is 10.1 Å². The van der Waals surface area contributed by atoms with Crippen molar-refractivity contribution < 1.29 is 14.3 Å². The van der Waals surface area contributed by atoms with Gasteiger partial charge in [0, 0.05) is 28.2 Å². The Kier molecular flexibility index (Phi) is 10.4. The highest BCUT2D eigenvalue weighted by Crippen LogP contribution is 2.28. The first-order valence-electron chi connectivity index (χ1n) is 10.2. The Hall–Kier alpha value is -1.66. The molecule has 9 heteroatoms. The van der Waals surface area contributed by atoms with E-state index in [0.29, 0.717) is 44.4 Å². The van der Waals surface area contributed by atoms with Crippen LogP contribution in [0.15, 0.2) is 36.4 Å². The van der Waals surface area contributed by atoms with Gasteiger partial charge in [0.05, 0.1) is 5.02 Å². The van der Waals surface area contributed by atoms with E-state index in [9.17, 15) is 9.59 Å². The fraction of sp³-hybridized carbons (Fsp3) is 0.391. The minimum atomic E-state index is -0.697. The van der Waals surface area contributed by atoms with Crippen LogP contribution in [0.4, 0.5) is 0 Å². The molecule has 2 rings (SSSR count). The smallest absolute Gasteiger partial charge is 0.261 e. The first-order valence-corrected chi connectivity index (χ1v) is 11.7. The third-order valence-electron chi connectivity index (χ3n) is 4.67. The quantitative estimate of drug-likeness (QED) is 0.403. The van der Waals surface area contributed by atoms with E-state index in [1.165, 1.54) is 11.0 Å². The van der Waals surface area contributed by atoms with Gasteiger partial charge in [-0.1, -0.05) is 73.2 Å². The molecule has 0 fully saturated rings. The van der Waals surface area contributed by atoms with Crippen LogP contribution in [-0.4, -0.2) is 35.9 Å². The summed E-state index contributed by atoms with van der Waals surface area (Å²) in [5, 5.41) is 4.55. The average Bonchev–Trinajstić information content (AvgIpc) is 2.72. The van der Waals surface area contributed by atoms with E-state index in [0.717, 1.165) is 0 Å². The average molecular weight is 520 g/mol. The molecule has 0 saturated heterocycles. The van der Waals surface area contributed by atoms with Gasteiger partial charge in [-0.25, -0.2) is 0 Å². The molecule has 174 valence electrons. The van der Waals surface area contributed by atoms with Crippen molar-refractivity contribution >= 4 is 58.2 Å². The van der Waals surface area contributed by atoms with Crippen molar-refractivity contribution in [1.82, 2.24) is 10.2 Å². The number of carbonyl (C=O) groups excluding carboxylic acids is 2. The van der Waals surface area contributed by atoms with Crippen molar-refractivity contribution in [3.63, 3.8) is 0 Å². The molecule has 0 bridgehead atoms. The number of halogens is 4. The van der Waals surface area contributed by atoms with Crippen LogP contribution in [0.5, 0.6) is 5.75 Å². The third kappa shape index (κ3) is 7.73. The fourth-order valence-electron chi connectivity index (χ4n) is 2.99. The summed E-state index contributed by atoms with van der Waals surface area (Å²) in [5.41, 5.74) is 0.670. The number of rotatable bonds is 10. The van der Waals surface area contributed by atoms with Crippen LogP contribution in [0.3, 0.4) is 0 Å². The lowest BCUT2D eigenvalue weighted by Crippen LogP contribution is -2.50. The van der Waals surface area contributed by atoms with Crippen molar-refractivity contribution in [2.75, 3.05) is 13.2 Å². The van der Waals surface area contributed by atoms with Crippen LogP contribution in [0, 0.1) is 5.92 Å². The van der Waals surface area contributed by atoms with Gasteiger partial charge in [0.2, 0.25) is 5.91 Å². The second kappa shape index (κ2) is 12.5. The van der Waals surface area contributed by atoms with Gasteiger partial charge in [-0.3, -0.25) is 9.59 Å². The summed E-state index contributed by atoms with van der Waals surface area (Å²) < 4.78 is 5.63. The SMILES string of the molecule is CC[C@H](C(=O)NCC(C)C)N(Cc1ccc(Cl)cc1Cl)C(=O)COc1ccc(Cl)cc1Cl. The van der Waals surface area contributed by atoms with Crippen molar-refractivity contribution in [1.29, 1.82) is 0 Å². The molecular formula is C23H26Cl4N2O3. The Morgan fingerprint density at radius 2 is 1.62 bits per heavy atom. The topological polar surface area (TPSA) is 58.6 Å². The van der Waals surface area contributed by atoms with Crippen LogP contribution in [-0.2, 0) is 16.1 Å². The van der Waals surface area contributed by atoms with Crippen LogP contribution in [0.1, 0.15) is 32.8 Å². The number of benzene rings is 2. The predicted octanol–water partition coefficient (Wildman–Crippen LogP) is 6.26. The van der Waals surface area contributed by atoms with Gasteiger partial charge in [-0.2, -0.15) is 0 Å². The number of hydrogen-bond donors (Lipinski definition) is 1. The molecule has 0 spiro atoms. The summed E-state index contributed by atoms with van der Waals surface area (Å²) in [6.07, 6.45) is 0.419. The van der Waals surface area contributed by atoms with E-state index in [2.05, 4.69) is 5.32 Å². The standard InChI is InChI=1S/C23H26Cl4N2O3/c1-4-20(23(31)28-11-14(2)3)29(12-15-5-6-16(24)9-18(15)26)22(30)13-32-21-8-7-17(25)10-19(21)27/h5-10,14,20H,4,11-13H2,1-3H3,(H,28,31)/t20-/m1/s1. The van der Waals surface area contributed by atoms with E-state index in [-0.39, 0.29) is 30.9 Å². The zero-order valence-corrected chi connectivity index (χ0v) is 21.2. The van der Waals surface area contributed by atoms with Crippen molar-refractivity contribution in [2.24, 2.45) is 5.92 Å².